The Morgan fingerprint density at radius 3 is 2.79 bits per heavy atom. The van der Waals surface area contributed by atoms with E-state index >= 15 is 0 Å². The SMILES string of the molecule is O[C@H]1CCOc2c(Br)cc(Br)cc21.S. The molecule has 1 aromatic rings. The third-order valence-electron chi connectivity index (χ3n) is 2.03. The summed E-state index contributed by atoms with van der Waals surface area (Å²) in [7, 11) is 0. The van der Waals surface area contributed by atoms with Gasteiger partial charge >= 0.3 is 0 Å². The van der Waals surface area contributed by atoms with Gasteiger partial charge in [-0.2, -0.15) is 13.5 Å². The van der Waals surface area contributed by atoms with Crippen molar-refractivity contribution in [2.45, 2.75) is 12.5 Å². The molecule has 0 unspecified atom stereocenters. The fraction of sp³-hybridized carbons (Fsp3) is 0.333. The minimum Gasteiger partial charge on any atom is -0.492 e. The van der Waals surface area contributed by atoms with Crippen LogP contribution in [0, 0.1) is 0 Å². The Morgan fingerprint density at radius 2 is 2.07 bits per heavy atom. The Balaban J connectivity index is 0.000000980. The lowest BCUT2D eigenvalue weighted by Gasteiger charge is -2.23. The van der Waals surface area contributed by atoms with E-state index in [1.54, 1.807) is 0 Å². The lowest BCUT2D eigenvalue weighted by Crippen LogP contribution is -2.14. The number of ether oxygens (including phenoxy) is 1. The van der Waals surface area contributed by atoms with Gasteiger partial charge in [0, 0.05) is 16.5 Å². The molecule has 0 saturated carbocycles. The fourth-order valence-corrected chi connectivity index (χ4v) is 2.78. The first-order valence-electron chi connectivity index (χ1n) is 3.98. The number of aliphatic hydroxyl groups excluding tert-OH is 1. The Bertz CT molecular complexity index is 344. The average Bonchev–Trinajstić information content (AvgIpc) is 2.07. The second-order valence-corrected chi connectivity index (χ2v) is 4.73. The molecule has 1 atom stereocenters. The third-order valence-corrected chi connectivity index (χ3v) is 3.08. The number of hydrogen-bond donors (Lipinski definition) is 1. The lowest BCUT2D eigenvalue weighted by molar-refractivity contribution is 0.114. The van der Waals surface area contributed by atoms with Gasteiger partial charge in [0.1, 0.15) is 5.75 Å². The normalized spacial score (nSPS) is 19.2. The first-order chi connectivity index (χ1) is 6.18. The molecule has 0 aromatic heterocycles. The van der Waals surface area contributed by atoms with Crippen LogP contribution in [0.25, 0.3) is 0 Å². The maximum atomic E-state index is 9.69. The van der Waals surface area contributed by atoms with Gasteiger partial charge in [-0.05, 0) is 28.1 Å². The second-order valence-electron chi connectivity index (χ2n) is 2.96. The molecular formula is C9H10Br2O2S. The van der Waals surface area contributed by atoms with Gasteiger partial charge in [-0.3, -0.25) is 0 Å². The number of fused-ring (bicyclic) bond motifs is 1. The molecule has 1 N–H and O–H groups in total. The summed E-state index contributed by atoms with van der Waals surface area (Å²) in [6.07, 6.45) is 0.258. The summed E-state index contributed by atoms with van der Waals surface area (Å²) in [5.41, 5.74) is 0.854. The van der Waals surface area contributed by atoms with Crippen LogP contribution in [0.4, 0.5) is 0 Å². The second kappa shape index (κ2) is 4.88. The molecule has 1 heterocycles. The average molecular weight is 342 g/mol. The van der Waals surface area contributed by atoms with Crippen molar-refractivity contribution in [3.63, 3.8) is 0 Å². The van der Waals surface area contributed by atoms with Crippen molar-refractivity contribution in [3.8, 4) is 5.75 Å². The molecule has 0 spiro atoms. The highest BCUT2D eigenvalue weighted by Crippen LogP contribution is 2.39. The van der Waals surface area contributed by atoms with Gasteiger partial charge in [0.05, 0.1) is 17.2 Å². The van der Waals surface area contributed by atoms with Crippen LogP contribution in [0.1, 0.15) is 18.1 Å². The number of halogens is 2. The largest absolute Gasteiger partial charge is 0.492 e. The minimum absolute atomic E-state index is 0. The van der Waals surface area contributed by atoms with Crippen LogP contribution in [0.15, 0.2) is 21.1 Å². The monoisotopic (exact) mass is 340 g/mol. The molecule has 5 heteroatoms. The van der Waals surface area contributed by atoms with Crippen LogP contribution in [0.5, 0.6) is 5.75 Å². The van der Waals surface area contributed by atoms with Crippen LogP contribution in [0.3, 0.4) is 0 Å². The number of rotatable bonds is 0. The first kappa shape index (κ1) is 12.4. The quantitative estimate of drug-likeness (QED) is 0.785. The van der Waals surface area contributed by atoms with E-state index in [1.165, 1.54) is 0 Å². The maximum Gasteiger partial charge on any atom is 0.139 e. The van der Waals surface area contributed by atoms with Gasteiger partial charge in [0.25, 0.3) is 0 Å². The summed E-state index contributed by atoms with van der Waals surface area (Å²) in [4.78, 5) is 0. The molecule has 1 aliphatic rings. The number of benzene rings is 1. The highest BCUT2D eigenvalue weighted by Gasteiger charge is 2.21. The van der Waals surface area contributed by atoms with Gasteiger partial charge in [0.2, 0.25) is 0 Å². The highest BCUT2D eigenvalue weighted by atomic mass is 79.9. The molecule has 0 fully saturated rings. The van der Waals surface area contributed by atoms with Crippen molar-refractivity contribution in [3.05, 3.63) is 26.6 Å². The van der Waals surface area contributed by atoms with Crippen LogP contribution < -0.4 is 4.74 Å². The van der Waals surface area contributed by atoms with Gasteiger partial charge in [-0.25, -0.2) is 0 Å². The van der Waals surface area contributed by atoms with Crippen molar-refractivity contribution < 1.29 is 9.84 Å². The zero-order valence-corrected chi connectivity index (χ0v) is 11.4. The number of aliphatic hydroxyl groups is 1. The van der Waals surface area contributed by atoms with Crippen molar-refractivity contribution >= 4 is 45.4 Å². The van der Waals surface area contributed by atoms with Crippen LogP contribution in [-0.4, -0.2) is 11.7 Å². The van der Waals surface area contributed by atoms with E-state index in [4.69, 9.17) is 4.74 Å². The highest BCUT2D eigenvalue weighted by molar-refractivity contribution is 9.11. The molecule has 1 aliphatic heterocycles. The van der Waals surface area contributed by atoms with Gasteiger partial charge in [-0.15, -0.1) is 0 Å². The molecule has 0 bridgehead atoms. The van der Waals surface area contributed by atoms with Crippen molar-refractivity contribution in [1.29, 1.82) is 0 Å². The zero-order chi connectivity index (χ0) is 9.42. The Morgan fingerprint density at radius 1 is 1.36 bits per heavy atom. The molecule has 78 valence electrons. The predicted octanol–water partition coefficient (Wildman–Crippen LogP) is 3.14. The van der Waals surface area contributed by atoms with E-state index in [1.807, 2.05) is 12.1 Å². The molecule has 0 radical (unpaired) electrons. The molecule has 0 saturated heterocycles. The fourth-order valence-electron chi connectivity index (χ4n) is 1.41. The third kappa shape index (κ3) is 2.27. The molecule has 0 aliphatic carbocycles. The summed E-state index contributed by atoms with van der Waals surface area (Å²) in [5.74, 6) is 0.766. The standard InChI is InChI=1S/C9H8Br2O2.H2S/c10-5-3-6-8(12)1-2-13-9(6)7(11)4-5;/h3-4,8,12H,1-2H2;1H2/t8-;/m0./s1. The summed E-state index contributed by atoms with van der Waals surface area (Å²) >= 11 is 6.77. The van der Waals surface area contributed by atoms with Crippen molar-refractivity contribution in [1.82, 2.24) is 0 Å². The molecule has 1 aromatic carbocycles. The van der Waals surface area contributed by atoms with E-state index in [2.05, 4.69) is 31.9 Å². The molecule has 14 heavy (non-hydrogen) atoms. The van der Waals surface area contributed by atoms with E-state index in [0.717, 1.165) is 20.3 Å². The van der Waals surface area contributed by atoms with Crippen LogP contribution in [-0.2, 0) is 0 Å². The van der Waals surface area contributed by atoms with Crippen molar-refractivity contribution in [2.75, 3.05) is 6.61 Å². The smallest absolute Gasteiger partial charge is 0.139 e. The summed E-state index contributed by atoms with van der Waals surface area (Å²) in [5, 5.41) is 9.69. The van der Waals surface area contributed by atoms with Crippen molar-refractivity contribution in [2.24, 2.45) is 0 Å². The van der Waals surface area contributed by atoms with E-state index < -0.39 is 6.10 Å². The Kier molecular flexibility index (Phi) is 4.30. The van der Waals surface area contributed by atoms with Crippen LogP contribution >= 0.6 is 45.4 Å². The minimum atomic E-state index is -0.405. The molecule has 0 amide bonds. The van der Waals surface area contributed by atoms with E-state index in [-0.39, 0.29) is 13.5 Å². The molecule has 2 rings (SSSR count). The van der Waals surface area contributed by atoms with E-state index in [9.17, 15) is 5.11 Å². The molecule has 2 nitrogen and oxygen atoms in total. The van der Waals surface area contributed by atoms with Gasteiger partial charge < -0.3 is 9.84 Å². The summed E-state index contributed by atoms with van der Waals surface area (Å²) < 4.78 is 7.28. The number of hydrogen-bond acceptors (Lipinski definition) is 2. The maximum absolute atomic E-state index is 9.69. The zero-order valence-electron chi connectivity index (χ0n) is 7.26. The Hall–Kier alpha value is 0.290. The van der Waals surface area contributed by atoms with E-state index in [0.29, 0.717) is 13.0 Å². The van der Waals surface area contributed by atoms with Gasteiger partial charge in [-0.1, -0.05) is 15.9 Å². The topological polar surface area (TPSA) is 29.5 Å². The van der Waals surface area contributed by atoms with Crippen LogP contribution in [0.2, 0.25) is 0 Å². The Labute approximate surface area is 106 Å². The lowest BCUT2D eigenvalue weighted by atomic mass is 10.0. The summed E-state index contributed by atoms with van der Waals surface area (Å²) in [6, 6.07) is 3.81. The summed E-state index contributed by atoms with van der Waals surface area (Å²) in [6.45, 7) is 0.578. The van der Waals surface area contributed by atoms with Gasteiger partial charge in [0.15, 0.2) is 0 Å². The first-order valence-corrected chi connectivity index (χ1v) is 5.57. The molecular weight excluding hydrogens is 332 g/mol. The predicted molar refractivity (Wildman–Crippen MR) is 67.3 cm³/mol.